The molecule has 0 aliphatic carbocycles. The summed E-state index contributed by atoms with van der Waals surface area (Å²) in [4.78, 5) is 4.29. The Balaban J connectivity index is 3.31. The molecule has 0 aliphatic rings. The van der Waals surface area contributed by atoms with Crippen LogP contribution < -0.4 is 5.43 Å². The highest BCUT2D eigenvalue weighted by atomic mass is 32.2. The quantitative estimate of drug-likeness (QED) is 0.639. The fourth-order valence-corrected chi connectivity index (χ4v) is 2.41. The molecule has 1 aromatic carbocycles. The second-order valence-corrected chi connectivity index (χ2v) is 7.63. The van der Waals surface area contributed by atoms with Crippen molar-refractivity contribution in [2.45, 2.75) is 20.8 Å². The first-order chi connectivity index (χ1) is 10.6. The second-order valence-electron chi connectivity index (χ2n) is 5.61. The summed E-state index contributed by atoms with van der Waals surface area (Å²) in [5, 5.41) is 0. The summed E-state index contributed by atoms with van der Waals surface area (Å²) >= 11 is 0. The van der Waals surface area contributed by atoms with Crippen molar-refractivity contribution in [1.29, 1.82) is 0 Å². The van der Waals surface area contributed by atoms with E-state index in [-0.39, 0.29) is 11.7 Å². The molecule has 7 heteroatoms. The van der Waals surface area contributed by atoms with Crippen LogP contribution in [0.25, 0.3) is 0 Å². The molecule has 0 amide bonds. The SMILES string of the molecule is C/N=C(\C(C)=C(/NN(C)S(C)(=O)=O)C(C)C)c1ccc(F)cc1. The monoisotopic (exact) mass is 341 g/mol. The largest absolute Gasteiger partial charge is 0.309 e. The normalized spacial score (nSPS) is 14.2. The molecule has 0 bridgehead atoms. The fourth-order valence-electron chi connectivity index (χ4n) is 2.15. The minimum Gasteiger partial charge on any atom is -0.309 e. The van der Waals surface area contributed by atoms with E-state index >= 15 is 0 Å². The third-order valence-electron chi connectivity index (χ3n) is 3.45. The van der Waals surface area contributed by atoms with E-state index in [0.29, 0.717) is 5.71 Å². The highest BCUT2D eigenvalue weighted by Gasteiger charge is 2.18. The van der Waals surface area contributed by atoms with E-state index in [2.05, 4.69) is 10.4 Å². The average Bonchev–Trinajstić information content (AvgIpc) is 2.45. The minimum atomic E-state index is -3.37. The lowest BCUT2D eigenvalue weighted by Crippen LogP contribution is -2.40. The lowest BCUT2D eigenvalue weighted by atomic mass is 9.97. The summed E-state index contributed by atoms with van der Waals surface area (Å²) < 4.78 is 37.4. The van der Waals surface area contributed by atoms with E-state index in [9.17, 15) is 12.8 Å². The maximum atomic E-state index is 13.1. The Hall–Kier alpha value is -1.73. The molecular formula is C16H24FN3O2S. The number of rotatable bonds is 6. The van der Waals surface area contributed by atoms with Crippen molar-refractivity contribution >= 4 is 15.7 Å². The third kappa shape index (κ3) is 5.14. The molecule has 0 unspecified atom stereocenters. The molecule has 1 rings (SSSR count). The number of hydrogen-bond acceptors (Lipinski definition) is 4. The molecular weight excluding hydrogens is 317 g/mol. The Bertz CT molecular complexity index is 707. The van der Waals surface area contributed by atoms with Gasteiger partial charge in [-0.2, -0.15) is 0 Å². The molecule has 0 fully saturated rings. The molecule has 0 atom stereocenters. The van der Waals surface area contributed by atoms with Crippen LogP contribution in [0.1, 0.15) is 26.3 Å². The van der Waals surface area contributed by atoms with E-state index in [4.69, 9.17) is 0 Å². The molecule has 0 aliphatic heterocycles. The van der Waals surface area contributed by atoms with Crippen molar-refractivity contribution < 1.29 is 12.8 Å². The van der Waals surface area contributed by atoms with Crippen molar-refractivity contribution in [2.75, 3.05) is 20.4 Å². The molecule has 0 aromatic heterocycles. The van der Waals surface area contributed by atoms with Gasteiger partial charge >= 0.3 is 0 Å². The smallest absolute Gasteiger partial charge is 0.227 e. The first-order valence-electron chi connectivity index (χ1n) is 7.22. The van der Waals surface area contributed by atoms with E-state index in [1.807, 2.05) is 20.8 Å². The first-order valence-corrected chi connectivity index (χ1v) is 9.07. The summed E-state index contributed by atoms with van der Waals surface area (Å²) in [6, 6.07) is 6.05. The van der Waals surface area contributed by atoms with Crippen LogP contribution in [0.2, 0.25) is 0 Å². The third-order valence-corrected chi connectivity index (χ3v) is 4.54. The van der Waals surface area contributed by atoms with Crippen LogP contribution in [0.4, 0.5) is 4.39 Å². The van der Waals surface area contributed by atoms with Crippen LogP contribution in [-0.2, 0) is 10.0 Å². The summed E-state index contributed by atoms with van der Waals surface area (Å²) in [6.07, 6.45) is 1.13. The van der Waals surface area contributed by atoms with E-state index in [1.165, 1.54) is 19.2 Å². The molecule has 23 heavy (non-hydrogen) atoms. The maximum Gasteiger partial charge on any atom is 0.227 e. The Morgan fingerprint density at radius 3 is 2.17 bits per heavy atom. The van der Waals surface area contributed by atoms with Crippen LogP contribution in [0, 0.1) is 11.7 Å². The van der Waals surface area contributed by atoms with Crippen LogP contribution in [0.5, 0.6) is 0 Å². The Morgan fingerprint density at radius 2 is 1.78 bits per heavy atom. The Morgan fingerprint density at radius 1 is 1.26 bits per heavy atom. The van der Waals surface area contributed by atoms with Gasteiger partial charge in [-0.3, -0.25) is 4.99 Å². The number of hydrazine groups is 1. The predicted molar refractivity (Wildman–Crippen MR) is 92.1 cm³/mol. The second kappa shape index (κ2) is 7.70. The number of nitrogens with zero attached hydrogens (tertiary/aromatic N) is 2. The number of sulfonamides is 1. The van der Waals surface area contributed by atoms with Crippen molar-refractivity contribution in [3.63, 3.8) is 0 Å². The molecule has 1 N–H and O–H groups in total. The average molecular weight is 341 g/mol. The van der Waals surface area contributed by atoms with E-state index in [0.717, 1.165) is 27.5 Å². The standard InChI is InChI=1S/C16H24FN3O2S/c1-11(2)15(19-20(5)23(6,21)22)12(3)16(18-4)13-7-9-14(17)10-8-13/h7-11,19H,1-6H3/b15-12-,18-16+. The lowest BCUT2D eigenvalue weighted by molar-refractivity contribution is 0.389. The number of nitrogens with one attached hydrogen (secondary N) is 1. The molecule has 0 saturated carbocycles. The van der Waals surface area contributed by atoms with Gasteiger partial charge in [0.2, 0.25) is 10.0 Å². The summed E-state index contributed by atoms with van der Waals surface area (Å²) in [5.41, 5.74) is 5.93. The molecule has 0 spiro atoms. The number of allylic oxidation sites excluding steroid dienone is 2. The van der Waals surface area contributed by atoms with Crippen LogP contribution in [0.15, 0.2) is 40.5 Å². The van der Waals surface area contributed by atoms with Crippen LogP contribution in [-0.4, -0.2) is 38.9 Å². The summed E-state index contributed by atoms with van der Waals surface area (Å²) in [6.45, 7) is 5.78. The van der Waals surface area contributed by atoms with Crippen molar-refractivity contribution in [3.8, 4) is 0 Å². The minimum absolute atomic E-state index is 0.0522. The van der Waals surface area contributed by atoms with Crippen molar-refractivity contribution in [3.05, 3.63) is 46.9 Å². The topological polar surface area (TPSA) is 61.8 Å². The van der Waals surface area contributed by atoms with Crippen LogP contribution in [0.3, 0.4) is 0 Å². The van der Waals surface area contributed by atoms with Gasteiger partial charge in [-0.25, -0.2) is 12.8 Å². The number of benzene rings is 1. The first kappa shape index (κ1) is 19.3. The summed E-state index contributed by atoms with van der Waals surface area (Å²) in [7, 11) is -0.266. The highest BCUT2D eigenvalue weighted by molar-refractivity contribution is 7.88. The number of aliphatic imine (C=N–C) groups is 1. The molecule has 5 nitrogen and oxygen atoms in total. The molecule has 1 aromatic rings. The van der Waals surface area contributed by atoms with Gasteiger partial charge in [-0.15, -0.1) is 4.41 Å². The lowest BCUT2D eigenvalue weighted by Gasteiger charge is -2.24. The van der Waals surface area contributed by atoms with Crippen molar-refractivity contribution in [2.24, 2.45) is 10.9 Å². The molecule has 0 radical (unpaired) electrons. The van der Waals surface area contributed by atoms with Gasteiger partial charge in [0.05, 0.1) is 12.0 Å². The zero-order valence-corrected chi connectivity index (χ0v) is 15.2. The van der Waals surface area contributed by atoms with Gasteiger partial charge in [-0.05, 0) is 42.7 Å². The highest BCUT2D eigenvalue weighted by Crippen LogP contribution is 2.18. The predicted octanol–water partition coefficient (Wildman–Crippen LogP) is 2.57. The Kier molecular flexibility index (Phi) is 6.47. The fraction of sp³-hybridized carbons (Fsp3) is 0.438. The zero-order valence-electron chi connectivity index (χ0n) is 14.4. The molecule has 128 valence electrons. The number of halogens is 1. The molecule has 0 heterocycles. The zero-order chi connectivity index (χ0) is 17.8. The Labute approximate surface area is 137 Å². The maximum absolute atomic E-state index is 13.1. The van der Waals surface area contributed by atoms with Gasteiger partial charge in [0, 0.05) is 25.4 Å². The van der Waals surface area contributed by atoms with Gasteiger partial charge in [0.25, 0.3) is 0 Å². The van der Waals surface area contributed by atoms with E-state index < -0.39 is 10.0 Å². The van der Waals surface area contributed by atoms with Gasteiger partial charge < -0.3 is 5.43 Å². The van der Waals surface area contributed by atoms with Crippen molar-refractivity contribution in [1.82, 2.24) is 9.84 Å². The van der Waals surface area contributed by atoms with E-state index in [1.54, 1.807) is 19.2 Å². The van der Waals surface area contributed by atoms with Gasteiger partial charge in [0.15, 0.2) is 0 Å². The summed E-state index contributed by atoms with van der Waals surface area (Å²) in [5.74, 6) is -0.263. The van der Waals surface area contributed by atoms with Gasteiger partial charge in [-0.1, -0.05) is 13.8 Å². The van der Waals surface area contributed by atoms with Gasteiger partial charge in [0.1, 0.15) is 5.82 Å². The van der Waals surface area contributed by atoms with Crippen LogP contribution >= 0.6 is 0 Å². The number of hydrogen-bond donors (Lipinski definition) is 1. The molecule has 0 saturated heterocycles.